The van der Waals surface area contributed by atoms with Crippen molar-refractivity contribution in [3.05, 3.63) is 35.4 Å². The molecule has 0 radical (unpaired) electrons. The average Bonchev–Trinajstić information content (AvgIpc) is 3.02. The van der Waals surface area contributed by atoms with Crippen LogP contribution in [0.1, 0.15) is 35.2 Å². The fraction of sp³-hybridized carbons (Fsp3) is 0.579. The molecule has 2 aliphatic heterocycles. The van der Waals surface area contributed by atoms with Crippen LogP contribution in [0.4, 0.5) is 0 Å². The number of carbonyl (C=O) groups is 2. The van der Waals surface area contributed by atoms with Crippen molar-refractivity contribution in [2.45, 2.75) is 26.2 Å². The molecule has 2 fully saturated rings. The Morgan fingerprint density at radius 1 is 0.917 bits per heavy atom. The molecule has 2 amide bonds. The smallest absolute Gasteiger partial charge is 0.253 e. The van der Waals surface area contributed by atoms with E-state index in [0.717, 1.165) is 63.1 Å². The zero-order chi connectivity index (χ0) is 16.9. The number of aryl methyl sites for hydroxylation is 1. The highest BCUT2D eigenvalue weighted by atomic mass is 16.2. The Bertz CT molecular complexity index is 596. The predicted molar refractivity (Wildman–Crippen MR) is 94.0 cm³/mol. The monoisotopic (exact) mass is 329 g/mol. The third-order valence-corrected chi connectivity index (χ3v) is 4.96. The maximum atomic E-state index is 12.7. The standard InChI is InChI=1S/C19H27N3O2/c1-16-6-4-7-17(14-16)19(24)22-11-5-8-20(12-13-22)15-18(23)21-9-2-3-10-21/h4,6-7,14H,2-3,5,8-13,15H2,1H3. The largest absolute Gasteiger partial charge is 0.342 e. The molecule has 2 saturated heterocycles. The van der Waals surface area contributed by atoms with Crippen LogP contribution in [0.25, 0.3) is 0 Å². The first-order valence-electron chi connectivity index (χ1n) is 8.99. The van der Waals surface area contributed by atoms with Gasteiger partial charge in [-0.1, -0.05) is 17.7 Å². The van der Waals surface area contributed by atoms with Gasteiger partial charge >= 0.3 is 0 Å². The topological polar surface area (TPSA) is 43.9 Å². The summed E-state index contributed by atoms with van der Waals surface area (Å²) >= 11 is 0. The van der Waals surface area contributed by atoms with E-state index in [2.05, 4.69) is 4.90 Å². The Hall–Kier alpha value is -1.88. The van der Waals surface area contributed by atoms with E-state index in [1.807, 2.05) is 41.0 Å². The van der Waals surface area contributed by atoms with Gasteiger partial charge in [0, 0.05) is 44.8 Å². The molecule has 0 saturated carbocycles. The molecule has 0 aromatic heterocycles. The SMILES string of the molecule is Cc1cccc(C(=O)N2CCCN(CC(=O)N3CCCC3)CC2)c1. The lowest BCUT2D eigenvalue weighted by Gasteiger charge is -2.24. The van der Waals surface area contributed by atoms with Gasteiger partial charge in [0.15, 0.2) is 0 Å². The molecular weight excluding hydrogens is 302 g/mol. The second kappa shape index (κ2) is 7.79. The molecule has 1 aromatic rings. The quantitative estimate of drug-likeness (QED) is 0.849. The molecule has 0 atom stereocenters. The van der Waals surface area contributed by atoms with E-state index in [0.29, 0.717) is 13.1 Å². The molecule has 0 bridgehead atoms. The second-order valence-corrected chi connectivity index (χ2v) is 6.88. The van der Waals surface area contributed by atoms with Gasteiger partial charge in [-0.25, -0.2) is 0 Å². The lowest BCUT2D eigenvalue weighted by atomic mass is 10.1. The van der Waals surface area contributed by atoms with Crippen molar-refractivity contribution in [3.8, 4) is 0 Å². The minimum Gasteiger partial charge on any atom is -0.342 e. The molecule has 2 aliphatic rings. The Balaban J connectivity index is 1.54. The zero-order valence-electron chi connectivity index (χ0n) is 14.5. The molecule has 5 heteroatoms. The highest BCUT2D eigenvalue weighted by Crippen LogP contribution is 2.12. The van der Waals surface area contributed by atoms with Crippen molar-refractivity contribution < 1.29 is 9.59 Å². The normalized spacial score (nSPS) is 19.4. The summed E-state index contributed by atoms with van der Waals surface area (Å²) in [5, 5.41) is 0. The first-order valence-corrected chi connectivity index (χ1v) is 8.99. The van der Waals surface area contributed by atoms with Crippen LogP contribution in [0.2, 0.25) is 0 Å². The molecule has 0 spiro atoms. The van der Waals surface area contributed by atoms with E-state index >= 15 is 0 Å². The first kappa shape index (κ1) is 17.0. The third kappa shape index (κ3) is 4.15. The van der Waals surface area contributed by atoms with Crippen LogP contribution in [0, 0.1) is 6.92 Å². The number of likely N-dealkylation sites (tertiary alicyclic amines) is 1. The fourth-order valence-electron chi connectivity index (χ4n) is 3.55. The molecule has 2 heterocycles. The minimum atomic E-state index is 0.103. The molecule has 5 nitrogen and oxygen atoms in total. The summed E-state index contributed by atoms with van der Waals surface area (Å²) in [4.78, 5) is 31.1. The van der Waals surface area contributed by atoms with Crippen molar-refractivity contribution >= 4 is 11.8 Å². The van der Waals surface area contributed by atoms with Crippen molar-refractivity contribution in [1.82, 2.24) is 14.7 Å². The Kier molecular flexibility index (Phi) is 5.51. The van der Waals surface area contributed by atoms with Crippen LogP contribution in [0.15, 0.2) is 24.3 Å². The minimum absolute atomic E-state index is 0.103. The van der Waals surface area contributed by atoms with E-state index < -0.39 is 0 Å². The van der Waals surface area contributed by atoms with Crippen LogP contribution < -0.4 is 0 Å². The highest BCUT2D eigenvalue weighted by molar-refractivity contribution is 5.94. The van der Waals surface area contributed by atoms with Crippen molar-refractivity contribution in [2.75, 3.05) is 45.8 Å². The lowest BCUT2D eigenvalue weighted by Crippen LogP contribution is -2.41. The van der Waals surface area contributed by atoms with Gasteiger partial charge in [-0.3, -0.25) is 14.5 Å². The van der Waals surface area contributed by atoms with Gasteiger partial charge in [-0.05, 0) is 38.3 Å². The fourth-order valence-corrected chi connectivity index (χ4v) is 3.55. The molecule has 0 N–H and O–H groups in total. The summed E-state index contributed by atoms with van der Waals surface area (Å²) < 4.78 is 0. The molecular formula is C19H27N3O2. The van der Waals surface area contributed by atoms with E-state index in [9.17, 15) is 9.59 Å². The summed E-state index contributed by atoms with van der Waals surface area (Å²) in [6.07, 6.45) is 3.18. The summed E-state index contributed by atoms with van der Waals surface area (Å²) in [6, 6.07) is 7.77. The van der Waals surface area contributed by atoms with Gasteiger partial charge in [0.05, 0.1) is 6.54 Å². The van der Waals surface area contributed by atoms with Crippen molar-refractivity contribution in [1.29, 1.82) is 0 Å². The van der Waals surface area contributed by atoms with Crippen LogP contribution in [0.3, 0.4) is 0 Å². The predicted octanol–water partition coefficient (Wildman–Crippen LogP) is 1.77. The summed E-state index contributed by atoms with van der Waals surface area (Å²) in [5.74, 6) is 0.345. The zero-order valence-corrected chi connectivity index (χ0v) is 14.5. The molecule has 0 aliphatic carbocycles. The lowest BCUT2D eigenvalue weighted by molar-refractivity contribution is -0.131. The van der Waals surface area contributed by atoms with Gasteiger partial charge in [-0.15, -0.1) is 0 Å². The number of hydrogen-bond donors (Lipinski definition) is 0. The average molecular weight is 329 g/mol. The van der Waals surface area contributed by atoms with E-state index in [1.165, 1.54) is 0 Å². The van der Waals surface area contributed by atoms with E-state index in [-0.39, 0.29) is 11.8 Å². The molecule has 24 heavy (non-hydrogen) atoms. The van der Waals surface area contributed by atoms with Crippen molar-refractivity contribution in [2.24, 2.45) is 0 Å². The molecule has 0 unspecified atom stereocenters. The molecule has 1 aromatic carbocycles. The molecule has 3 rings (SSSR count). The number of nitrogens with zero attached hydrogens (tertiary/aromatic N) is 3. The van der Waals surface area contributed by atoms with E-state index in [4.69, 9.17) is 0 Å². The van der Waals surface area contributed by atoms with Crippen LogP contribution >= 0.6 is 0 Å². The summed E-state index contributed by atoms with van der Waals surface area (Å²) in [6.45, 7) is 7.43. The maximum absolute atomic E-state index is 12.7. The van der Waals surface area contributed by atoms with Crippen LogP contribution in [-0.2, 0) is 4.79 Å². The van der Waals surface area contributed by atoms with E-state index in [1.54, 1.807) is 0 Å². The number of benzene rings is 1. The van der Waals surface area contributed by atoms with Gasteiger partial charge < -0.3 is 9.80 Å². The summed E-state index contributed by atoms with van der Waals surface area (Å²) in [7, 11) is 0. The summed E-state index contributed by atoms with van der Waals surface area (Å²) in [5.41, 5.74) is 1.87. The van der Waals surface area contributed by atoms with Crippen molar-refractivity contribution in [3.63, 3.8) is 0 Å². The Morgan fingerprint density at radius 2 is 1.67 bits per heavy atom. The van der Waals surface area contributed by atoms with Gasteiger partial charge in [-0.2, -0.15) is 0 Å². The maximum Gasteiger partial charge on any atom is 0.253 e. The van der Waals surface area contributed by atoms with Gasteiger partial charge in [0.25, 0.3) is 5.91 Å². The first-order chi connectivity index (χ1) is 11.6. The van der Waals surface area contributed by atoms with Gasteiger partial charge in [0.1, 0.15) is 0 Å². The Labute approximate surface area is 144 Å². The number of hydrogen-bond acceptors (Lipinski definition) is 3. The van der Waals surface area contributed by atoms with Crippen LogP contribution in [0.5, 0.6) is 0 Å². The second-order valence-electron chi connectivity index (χ2n) is 6.88. The van der Waals surface area contributed by atoms with Crippen LogP contribution in [-0.4, -0.2) is 72.3 Å². The number of rotatable bonds is 3. The van der Waals surface area contributed by atoms with Gasteiger partial charge in [0.2, 0.25) is 5.91 Å². The number of amides is 2. The highest BCUT2D eigenvalue weighted by Gasteiger charge is 2.24. The Morgan fingerprint density at radius 3 is 2.42 bits per heavy atom. The third-order valence-electron chi connectivity index (χ3n) is 4.96. The molecule has 130 valence electrons. The number of carbonyl (C=O) groups excluding carboxylic acids is 2.